The molecule has 0 aliphatic carbocycles. The van der Waals surface area contributed by atoms with Crippen molar-refractivity contribution in [1.29, 1.82) is 0 Å². The smallest absolute Gasteiger partial charge is 0.128 e. The molecule has 2 aromatic rings. The highest BCUT2D eigenvalue weighted by Crippen LogP contribution is 2.27. The molecule has 1 aromatic carbocycles. The molecule has 0 radical (unpaired) electrons. The number of benzene rings is 1. The lowest BCUT2D eigenvalue weighted by Crippen LogP contribution is -2.29. The Morgan fingerprint density at radius 3 is 3.11 bits per heavy atom. The first-order valence-corrected chi connectivity index (χ1v) is 6.76. The second-order valence-electron chi connectivity index (χ2n) is 5.12. The molecule has 4 heteroatoms. The molecule has 3 nitrogen and oxygen atoms in total. The van der Waals surface area contributed by atoms with Crippen LogP contribution in [0.1, 0.15) is 30.0 Å². The van der Waals surface area contributed by atoms with Gasteiger partial charge in [-0.05, 0) is 38.4 Å². The van der Waals surface area contributed by atoms with Crippen LogP contribution in [-0.4, -0.2) is 22.6 Å². The number of aromatic nitrogens is 2. The summed E-state index contributed by atoms with van der Waals surface area (Å²) in [6.45, 7) is 3.87. The summed E-state index contributed by atoms with van der Waals surface area (Å²) < 4.78 is 15.7. The van der Waals surface area contributed by atoms with Gasteiger partial charge in [-0.2, -0.15) is 0 Å². The molecule has 1 aromatic heterocycles. The van der Waals surface area contributed by atoms with Crippen LogP contribution >= 0.6 is 0 Å². The average molecular weight is 259 g/mol. The van der Waals surface area contributed by atoms with E-state index in [-0.39, 0.29) is 5.82 Å². The summed E-state index contributed by atoms with van der Waals surface area (Å²) in [4.78, 5) is 4.26. The van der Waals surface area contributed by atoms with Crippen LogP contribution in [0.5, 0.6) is 0 Å². The molecule has 0 spiro atoms. The van der Waals surface area contributed by atoms with E-state index in [0.29, 0.717) is 11.5 Å². The molecular formula is C15H18FN3. The first-order chi connectivity index (χ1) is 9.27. The minimum absolute atomic E-state index is 0.168. The van der Waals surface area contributed by atoms with E-state index in [1.54, 1.807) is 12.4 Å². The Kier molecular flexibility index (Phi) is 3.34. The van der Waals surface area contributed by atoms with E-state index in [0.717, 1.165) is 25.2 Å². The average Bonchev–Trinajstić information content (AvgIpc) is 2.92. The first-order valence-electron chi connectivity index (χ1n) is 6.76. The van der Waals surface area contributed by atoms with E-state index in [1.165, 1.54) is 18.2 Å². The quantitative estimate of drug-likeness (QED) is 0.898. The number of imidazole rings is 1. The van der Waals surface area contributed by atoms with Gasteiger partial charge >= 0.3 is 0 Å². The van der Waals surface area contributed by atoms with E-state index in [9.17, 15) is 4.39 Å². The predicted octanol–water partition coefficient (Wildman–Crippen LogP) is 2.79. The van der Waals surface area contributed by atoms with Crippen LogP contribution in [-0.2, 0) is 0 Å². The van der Waals surface area contributed by atoms with Crippen molar-refractivity contribution in [1.82, 2.24) is 14.9 Å². The zero-order valence-corrected chi connectivity index (χ0v) is 11.1. The molecule has 1 unspecified atom stereocenters. The van der Waals surface area contributed by atoms with Crippen LogP contribution in [0.4, 0.5) is 4.39 Å². The fraction of sp³-hybridized carbons (Fsp3) is 0.400. The van der Waals surface area contributed by atoms with E-state index < -0.39 is 0 Å². The number of rotatable bonds is 2. The molecule has 1 atom stereocenters. The third-order valence-electron chi connectivity index (χ3n) is 3.88. The monoisotopic (exact) mass is 259 g/mol. The Morgan fingerprint density at radius 1 is 1.42 bits per heavy atom. The second kappa shape index (κ2) is 5.13. The van der Waals surface area contributed by atoms with Crippen LogP contribution in [0, 0.1) is 12.7 Å². The standard InChI is InChI=1S/C15H18FN3/c1-11-13(16)5-2-6-14(11)19-10-18-9-15(19)12-4-3-7-17-8-12/h2,5-6,9-10,12,17H,3-4,7-8H2,1H3. The number of halogens is 1. The third-order valence-corrected chi connectivity index (χ3v) is 3.88. The molecule has 100 valence electrons. The Hall–Kier alpha value is -1.68. The van der Waals surface area contributed by atoms with Gasteiger partial charge in [-0.3, -0.25) is 0 Å². The largest absolute Gasteiger partial charge is 0.316 e. The first kappa shape index (κ1) is 12.4. The van der Waals surface area contributed by atoms with Gasteiger partial charge in [-0.25, -0.2) is 9.37 Å². The van der Waals surface area contributed by atoms with Crippen LogP contribution < -0.4 is 5.32 Å². The fourth-order valence-corrected chi connectivity index (χ4v) is 2.77. The SMILES string of the molecule is Cc1c(F)cccc1-n1cncc1C1CCCNC1. The molecule has 3 rings (SSSR count). The van der Waals surface area contributed by atoms with Crippen molar-refractivity contribution in [3.63, 3.8) is 0 Å². The van der Waals surface area contributed by atoms with Crippen LogP contribution in [0.3, 0.4) is 0 Å². The molecule has 1 aliphatic rings. The molecule has 0 saturated carbocycles. The minimum Gasteiger partial charge on any atom is -0.316 e. The fourth-order valence-electron chi connectivity index (χ4n) is 2.77. The van der Waals surface area contributed by atoms with Gasteiger partial charge < -0.3 is 9.88 Å². The molecule has 1 N–H and O–H groups in total. The molecule has 0 bridgehead atoms. The van der Waals surface area contributed by atoms with Crippen molar-refractivity contribution < 1.29 is 4.39 Å². The molecule has 19 heavy (non-hydrogen) atoms. The van der Waals surface area contributed by atoms with Crippen LogP contribution in [0.2, 0.25) is 0 Å². The van der Waals surface area contributed by atoms with Crippen molar-refractivity contribution in [2.24, 2.45) is 0 Å². The molecule has 2 heterocycles. The van der Waals surface area contributed by atoms with E-state index >= 15 is 0 Å². The van der Waals surface area contributed by atoms with Gasteiger partial charge in [0.05, 0.1) is 12.0 Å². The van der Waals surface area contributed by atoms with Gasteiger partial charge in [0.2, 0.25) is 0 Å². The number of hydrogen-bond acceptors (Lipinski definition) is 2. The van der Waals surface area contributed by atoms with Crippen LogP contribution in [0.15, 0.2) is 30.7 Å². The van der Waals surface area contributed by atoms with Crippen molar-refractivity contribution >= 4 is 0 Å². The predicted molar refractivity (Wildman–Crippen MR) is 73.1 cm³/mol. The Balaban J connectivity index is 2.01. The summed E-state index contributed by atoms with van der Waals surface area (Å²) in [6.07, 6.45) is 6.03. The number of piperidine rings is 1. The number of nitrogens with one attached hydrogen (secondary N) is 1. The normalized spacial score (nSPS) is 19.6. The topological polar surface area (TPSA) is 29.9 Å². The summed E-state index contributed by atoms with van der Waals surface area (Å²) >= 11 is 0. The maximum Gasteiger partial charge on any atom is 0.128 e. The van der Waals surface area contributed by atoms with Gasteiger partial charge in [-0.1, -0.05) is 6.07 Å². The Morgan fingerprint density at radius 2 is 2.32 bits per heavy atom. The summed E-state index contributed by atoms with van der Waals surface area (Å²) in [7, 11) is 0. The van der Waals surface area contributed by atoms with E-state index in [1.807, 2.05) is 23.8 Å². The van der Waals surface area contributed by atoms with E-state index in [4.69, 9.17) is 0 Å². The highest BCUT2D eigenvalue weighted by atomic mass is 19.1. The summed E-state index contributed by atoms with van der Waals surface area (Å²) in [5.74, 6) is 0.290. The van der Waals surface area contributed by atoms with Crippen molar-refractivity contribution in [3.05, 3.63) is 47.8 Å². The van der Waals surface area contributed by atoms with Gasteiger partial charge in [0, 0.05) is 29.9 Å². The van der Waals surface area contributed by atoms with Crippen molar-refractivity contribution in [2.45, 2.75) is 25.7 Å². The van der Waals surface area contributed by atoms with Crippen LogP contribution in [0.25, 0.3) is 5.69 Å². The Labute approximate surface area is 112 Å². The van der Waals surface area contributed by atoms with Gasteiger partial charge in [0.1, 0.15) is 5.82 Å². The zero-order valence-electron chi connectivity index (χ0n) is 11.1. The highest BCUT2D eigenvalue weighted by Gasteiger charge is 2.20. The summed E-state index contributed by atoms with van der Waals surface area (Å²) in [6, 6.07) is 5.19. The second-order valence-corrected chi connectivity index (χ2v) is 5.12. The molecule has 1 aliphatic heterocycles. The van der Waals surface area contributed by atoms with Gasteiger partial charge in [0.25, 0.3) is 0 Å². The zero-order chi connectivity index (χ0) is 13.2. The van der Waals surface area contributed by atoms with Gasteiger partial charge in [-0.15, -0.1) is 0 Å². The third kappa shape index (κ3) is 2.28. The maximum absolute atomic E-state index is 13.7. The summed E-state index contributed by atoms with van der Waals surface area (Å²) in [5, 5.41) is 3.41. The highest BCUT2D eigenvalue weighted by molar-refractivity contribution is 5.42. The lowest BCUT2D eigenvalue weighted by Gasteiger charge is -2.24. The summed E-state index contributed by atoms with van der Waals surface area (Å²) in [5.41, 5.74) is 2.73. The lowest BCUT2D eigenvalue weighted by molar-refractivity contribution is 0.450. The van der Waals surface area contributed by atoms with E-state index in [2.05, 4.69) is 10.3 Å². The van der Waals surface area contributed by atoms with Gasteiger partial charge in [0.15, 0.2) is 0 Å². The number of hydrogen-bond donors (Lipinski definition) is 1. The number of nitrogens with zero attached hydrogens (tertiary/aromatic N) is 2. The maximum atomic E-state index is 13.7. The molecular weight excluding hydrogens is 241 g/mol. The van der Waals surface area contributed by atoms with Crippen molar-refractivity contribution in [3.8, 4) is 5.69 Å². The lowest BCUT2D eigenvalue weighted by atomic mass is 9.96. The van der Waals surface area contributed by atoms with Crippen molar-refractivity contribution in [2.75, 3.05) is 13.1 Å². The molecule has 0 amide bonds. The minimum atomic E-state index is -0.168. The Bertz CT molecular complexity index is 571. The molecule has 1 fully saturated rings. The molecule has 1 saturated heterocycles.